The standard InChI is InChI=1S/C53H34N4S/c1-3-15-33(16-4-1)51-54-52(34-17-5-2-6-18-34)56-53(55-51)41-28-27-38(57-45-25-13-11-23-40(45)43-29-35-19-7-8-20-36(35)30-46(43)57)32-44(41)49-39-22-10-9-21-37(39)31-48-50(49)42-24-12-14-26-47(42)58-48/h1-32,51H,(H,54,55,56). The smallest absolute Gasteiger partial charge is 0.159 e. The van der Waals surface area contributed by atoms with E-state index in [0.717, 1.165) is 33.8 Å². The van der Waals surface area contributed by atoms with E-state index in [9.17, 15) is 0 Å². The first-order valence-electron chi connectivity index (χ1n) is 19.7. The molecule has 12 rings (SSSR count). The number of nitrogens with zero attached hydrogens (tertiary/aromatic N) is 3. The fraction of sp³-hybridized carbons (Fsp3) is 0.0189. The lowest BCUT2D eigenvalue weighted by Gasteiger charge is -2.26. The monoisotopic (exact) mass is 758 g/mol. The van der Waals surface area contributed by atoms with Crippen LogP contribution in [-0.2, 0) is 0 Å². The van der Waals surface area contributed by atoms with Crippen LogP contribution in [0.4, 0.5) is 0 Å². The van der Waals surface area contributed by atoms with Crippen LogP contribution in [0.5, 0.6) is 0 Å². The maximum absolute atomic E-state index is 5.37. The first kappa shape index (κ1) is 32.9. The van der Waals surface area contributed by atoms with Gasteiger partial charge in [-0.2, -0.15) is 0 Å². The van der Waals surface area contributed by atoms with Gasteiger partial charge in [-0.1, -0.05) is 146 Å². The maximum Gasteiger partial charge on any atom is 0.159 e. The predicted octanol–water partition coefficient (Wildman–Crippen LogP) is 13.6. The Morgan fingerprint density at radius 1 is 0.483 bits per heavy atom. The highest BCUT2D eigenvalue weighted by Crippen LogP contribution is 2.46. The summed E-state index contributed by atoms with van der Waals surface area (Å²) < 4.78 is 4.98. The van der Waals surface area contributed by atoms with Gasteiger partial charge < -0.3 is 9.88 Å². The summed E-state index contributed by atoms with van der Waals surface area (Å²) in [4.78, 5) is 10.6. The first-order valence-corrected chi connectivity index (χ1v) is 20.5. The van der Waals surface area contributed by atoms with E-state index in [1.54, 1.807) is 0 Å². The van der Waals surface area contributed by atoms with Crippen LogP contribution in [0, 0.1) is 0 Å². The van der Waals surface area contributed by atoms with Gasteiger partial charge in [0.05, 0.1) is 11.0 Å². The Morgan fingerprint density at radius 2 is 1.16 bits per heavy atom. The third-order valence-corrected chi connectivity index (χ3v) is 12.7. The quantitative estimate of drug-likeness (QED) is 0.187. The van der Waals surface area contributed by atoms with Crippen LogP contribution in [0.3, 0.4) is 0 Å². The minimum atomic E-state index is -0.323. The second-order valence-electron chi connectivity index (χ2n) is 15.0. The molecule has 0 spiro atoms. The molecule has 1 N–H and O–H groups in total. The fourth-order valence-corrected chi connectivity index (χ4v) is 10.1. The zero-order valence-corrected chi connectivity index (χ0v) is 32.1. The summed E-state index contributed by atoms with van der Waals surface area (Å²) in [5.41, 5.74) is 8.84. The van der Waals surface area contributed by atoms with Gasteiger partial charge in [0, 0.05) is 47.8 Å². The van der Waals surface area contributed by atoms with Crippen molar-refractivity contribution in [3.05, 3.63) is 211 Å². The van der Waals surface area contributed by atoms with Gasteiger partial charge in [-0.3, -0.25) is 0 Å². The van der Waals surface area contributed by atoms with E-state index in [0.29, 0.717) is 5.84 Å². The highest BCUT2D eigenvalue weighted by Gasteiger charge is 2.26. The van der Waals surface area contributed by atoms with Crippen LogP contribution in [0.2, 0.25) is 0 Å². The van der Waals surface area contributed by atoms with E-state index in [4.69, 9.17) is 9.98 Å². The molecule has 1 aliphatic heterocycles. The van der Waals surface area contributed by atoms with Gasteiger partial charge in [0.15, 0.2) is 5.84 Å². The van der Waals surface area contributed by atoms with E-state index in [1.165, 1.54) is 69.1 Å². The molecule has 0 aliphatic carbocycles. The Balaban J connectivity index is 1.19. The lowest BCUT2D eigenvalue weighted by Crippen LogP contribution is -2.34. The minimum Gasteiger partial charge on any atom is -0.344 e. The number of aromatic nitrogens is 1. The maximum atomic E-state index is 5.37. The van der Waals surface area contributed by atoms with Crippen molar-refractivity contribution in [1.82, 2.24) is 9.88 Å². The van der Waals surface area contributed by atoms with Crippen LogP contribution in [0.15, 0.2) is 204 Å². The van der Waals surface area contributed by atoms with Crippen molar-refractivity contribution in [3.63, 3.8) is 0 Å². The van der Waals surface area contributed by atoms with E-state index < -0.39 is 0 Å². The van der Waals surface area contributed by atoms with Crippen molar-refractivity contribution in [1.29, 1.82) is 0 Å². The molecule has 58 heavy (non-hydrogen) atoms. The lowest BCUT2D eigenvalue weighted by molar-refractivity contribution is 0.674. The zero-order valence-electron chi connectivity index (χ0n) is 31.3. The number of benzene rings is 9. The summed E-state index contributed by atoms with van der Waals surface area (Å²) in [6.45, 7) is 0. The summed E-state index contributed by atoms with van der Waals surface area (Å²) in [7, 11) is 0. The third-order valence-electron chi connectivity index (χ3n) is 11.6. The van der Waals surface area contributed by atoms with E-state index >= 15 is 0 Å². The summed E-state index contributed by atoms with van der Waals surface area (Å²) in [5, 5.41) is 13.7. The van der Waals surface area contributed by atoms with Crippen molar-refractivity contribution >= 4 is 86.5 Å². The SMILES string of the molecule is c1ccc(C2=NC(c3ccccc3)NC(c3ccc(-n4c5ccccc5c5cc6ccccc6cc54)cc3-c3c4ccccc4cc4sc5ccccc5c34)=N2)cc1. The Morgan fingerprint density at radius 3 is 1.98 bits per heavy atom. The molecule has 3 heterocycles. The van der Waals surface area contributed by atoms with E-state index in [2.05, 4.69) is 192 Å². The first-order chi connectivity index (χ1) is 28.7. The molecular weight excluding hydrogens is 725 g/mol. The Labute approximate surface area is 338 Å². The molecule has 9 aromatic carbocycles. The lowest BCUT2D eigenvalue weighted by atomic mass is 9.89. The normalized spacial score (nSPS) is 14.4. The van der Waals surface area contributed by atoms with Crippen molar-refractivity contribution in [2.75, 3.05) is 0 Å². The van der Waals surface area contributed by atoms with E-state index in [1.807, 2.05) is 23.5 Å². The topological polar surface area (TPSA) is 41.7 Å². The molecule has 0 radical (unpaired) electrons. The molecule has 11 aromatic rings. The van der Waals surface area contributed by atoms with Gasteiger partial charge in [-0.05, 0) is 86.8 Å². The second kappa shape index (κ2) is 13.1. The fourth-order valence-electron chi connectivity index (χ4n) is 8.96. The molecular formula is C53H34N4S. The molecule has 0 saturated heterocycles. The average Bonchev–Trinajstić information content (AvgIpc) is 3.82. The number of fused-ring (bicyclic) bond motifs is 8. The van der Waals surface area contributed by atoms with Crippen LogP contribution in [0.1, 0.15) is 22.9 Å². The van der Waals surface area contributed by atoms with Crippen LogP contribution in [-0.4, -0.2) is 16.2 Å². The van der Waals surface area contributed by atoms with Gasteiger partial charge in [-0.25, -0.2) is 9.98 Å². The third kappa shape index (κ3) is 5.21. The van der Waals surface area contributed by atoms with Crippen LogP contribution in [0.25, 0.3) is 80.3 Å². The molecule has 0 fully saturated rings. The Bertz CT molecular complexity index is 3480. The largest absolute Gasteiger partial charge is 0.344 e. The molecule has 272 valence electrons. The second-order valence-corrected chi connectivity index (χ2v) is 16.1. The molecule has 0 amide bonds. The molecule has 1 unspecified atom stereocenters. The van der Waals surface area contributed by atoms with Crippen LogP contribution < -0.4 is 5.32 Å². The number of hydrogen-bond acceptors (Lipinski definition) is 4. The van der Waals surface area contributed by atoms with Crippen molar-refractivity contribution < 1.29 is 0 Å². The Kier molecular flexibility index (Phi) is 7.43. The molecule has 4 nitrogen and oxygen atoms in total. The van der Waals surface area contributed by atoms with Crippen molar-refractivity contribution in [2.45, 2.75) is 6.17 Å². The van der Waals surface area contributed by atoms with Crippen molar-refractivity contribution in [3.8, 4) is 16.8 Å². The predicted molar refractivity (Wildman–Crippen MR) is 246 cm³/mol. The van der Waals surface area contributed by atoms with Crippen LogP contribution >= 0.6 is 11.3 Å². The van der Waals surface area contributed by atoms with E-state index in [-0.39, 0.29) is 6.17 Å². The number of para-hydroxylation sites is 1. The molecule has 0 bridgehead atoms. The molecule has 2 aromatic heterocycles. The zero-order chi connectivity index (χ0) is 38.2. The molecule has 1 aliphatic rings. The summed E-state index contributed by atoms with van der Waals surface area (Å²) in [6.07, 6.45) is -0.323. The number of rotatable bonds is 5. The summed E-state index contributed by atoms with van der Waals surface area (Å²) in [6, 6.07) is 69.9. The number of amidine groups is 2. The average molecular weight is 759 g/mol. The van der Waals surface area contributed by atoms with Gasteiger partial charge in [0.1, 0.15) is 12.0 Å². The van der Waals surface area contributed by atoms with Gasteiger partial charge in [0.25, 0.3) is 0 Å². The van der Waals surface area contributed by atoms with Crippen molar-refractivity contribution in [2.24, 2.45) is 9.98 Å². The Hall–Kier alpha value is -7.34. The highest BCUT2D eigenvalue weighted by molar-refractivity contribution is 7.26. The number of thiophene rings is 1. The number of aliphatic imine (C=N–C) groups is 2. The number of hydrogen-bond donors (Lipinski definition) is 1. The van der Waals surface area contributed by atoms with Gasteiger partial charge >= 0.3 is 0 Å². The van der Waals surface area contributed by atoms with Gasteiger partial charge in [-0.15, -0.1) is 11.3 Å². The summed E-state index contributed by atoms with van der Waals surface area (Å²) >= 11 is 1.86. The number of nitrogens with one attached hydrogen (secondary N) is 1. The molecule has 1 atom stereocenters. The molecule has 0 saturated carbocycles. The highest BCUT2D eigenvalue weighted by atomic mass is 32.1. The minimum absolute atomic E-state index is 0.323. The van der Waals surface area contributed by atoms with Gasteiger partial charge in [0.2, 0.25) is 0 Å². The molecule has 5 heteroatoms. The summed E-state index contributed by atoms with van der Waals surface area (Å²) in [5.74, 6) is 1.50.